The molecule has 2 fully saturated rings. The van der Waals surface area contributed by atoms with Gasteiger partial charge in [0.25, 0.3) is 0 Å². The standard InChI is InChI=1S/C17H27BN2O2/c1-13-8-7-11-20(12-13)15-10-6-9-14(19-15)18-21-16(2,3)17(4,5)22-18/h6,9-10,13H,7-8,11-12H2,1-5H3/t13-/m1/s1. The van der Waals surface area contributed by atoms with E-state index in [1.165, 1.54) is 12.8 Å². The molecule has 0 aliphatic carbocycles. The Morgan fingerprint density at radius 1 is 1.18 bits per heavy atom. The third kappa shape index (κ3) is 2.89. The molecular formula is C17H27BN2O2. The summed E-state index contributed by atoms with van der Waals surface area (Å²) < 4.78 is 12.2. The van der Waals surface area contributed by atoms with Crippen molar-refractivity contribution in [3.8, 4) is 0 Å². The Hall–Kier alpha value is -1.07. The highest BCUT2D eigenvalue weighted by Crippen LogP contribution is 2.36. The van der Waals surface area contributed by atoms with Gasteiger partial charge in [0.05, 0.1) is 16.8 Å². The molecule has 2 aliphatic heterocycles. The van der Waals surface area contributed by atoms with Crippen LogP contribution in [0.1, 0.15) is 47.5 Å². The minimum absolute atomic E-state index is 0.324. The number of aromatic nitrogens is 1. The first-order valence-corrected chi connectivity index (χ1v) is 8.36. The Bertz CT molecular complexity index is 531. The minimum Gasteiger partial charge on any atom is -0.398 e. The predicted octanol–water partition coefficient (Wildman–Crippen LogP) is 2.62. The maximum Gasteiger partial charge on any atom is 0.514 e. The van der Waals surface area contributed by atoms with Gasteiger partial charge in [0, 0.05) is 13.1 Å². The first-order chi connectivity index (χ1) is 10.3. The van der Waals surface area contributed by atoms with E-state index in [0.29, 0.717) is 0 Å². The van der Waals surface area contributed by atoms with Gasteiger partial charge in [0.15, 0.2) is 0 Å². The van der Waals surface area contributed by atoms with E-state index in [9.17, 15) is 0 Å². The molecule has 2 saturated heterocycles. The second kappa shape index (κ2) is 5.53. The van der Waals surface area contributed by atoms with Crippen molar-refractivity contribution in [2.75, 3.05) is 18.0 Å². The predicted molar refractivity (Wildman–Crippen MR) is 90.6 cm³/mol. The number of rotatable bonds is 2. The molecule has 0 unspecified atom stereocenters. The molecule has 0 saturated carbocycles. The van der Waals surface area contributed by atoms with E-state index in [1.54, 1.807) is 0 Å². The lowest BCUT2D eigenvalue weighted by Gasteiger charge is -2.32. The highest BCUT2D eigenvalue weighted by atomic mass is 16.7. The van der Waals surface area contributed by atoms with E-state index in [2.05, 4.69) is 51.7 Å². The summed E-state index contributed by atoms with van der Waals surface area (Å²) in [5.74, 6) is 1.77. The van der Waals surface area contributed by atoms with Crippen molar-refractivity contribution in [3.63, 3.8) is 0 Å². The zero-order chi connectivity index (χ0) is 16.0. The van der Waals surface area contributed by atoms with Gasteiger partial charge in [-0.25, -0.2) is 4.98 Å². The third-order valence-corrected chi connectivity index (χ3v) is 5.23. The highest BCUT2D eigenvalue weighted by Gasteiger charge is 2.52. The molecule has 0 bridgehead atoms. The zero-order valence-corrected chi connectivity index (χ0v) is 14.4. The summed E-state index contributed by atoms with van der Waals surface area (Å²) >= 11 is 0. The number of piperidine rings is 1. The van der Waals surface area contributed by atoms with E-state index in [-0.39, 0.29) is 18.3 Å². The highest BCUT2D eigenvalue weighted by molar-refractivity contribution is 6.61. The number of pyridine rings is 1. The molecular weight excluding hydrogens is 275 g/mol. The van der Waals surface area contributed by atoms with Gasteiger partial charge in [-0.1, -0.05) is 13.0 Å². The number of hydrogen-bond acceptors (Lipinski definition) is 4. The van der Waals surface area contributed by atoms with Crippen molar-refractivity contribution in [1.29, 1.82) is 0 Å². The van der Waals surface area contributed by atoms with Crippen molar-refractivity contribution >= 4 is 18.5 Å². The maximum atomic E-state index is 6.11. The van der Waals surface area contributed by atoms with Gasteiger partial charge in [-0.05, 0) is 58.6 Å². The van der Waals surface area contributed by atoms with Crippen LogP contribution in [0, 0.1) is 5.92 Å². The van der Waals surface area contributed by atoms with Crippen molar-refractivity contribution in [2.45, 2.75) is 58.7 Å². The van der Waals surface area contributed by atoms with Crippen molar-refractivity contribution in [2.24, 2.45) is 5.92 Å². The van der Waals surface area contributed by atoms with E-state index in [0.717, 1.165) is 30.4 Å². The third-order valence-electron chi connectivity index (χ3n) is 5.23. The first kappa shape index (κ1) is 15.8. The number of anilines is 1. The second-order valence-corrected chi connectivity index (χ2v) is 7.70. The molecule has 0 aromatic carbocycles. The monoisotopic (exact) mass is 302 g/mol. The number of hydrogen-bond donors (Lipinski definition) is 0. The van der Waals surface area contributed by atoms with Crippen molar-refractivity contribution < 1.29 is 9.31 Å². The van der Waals surface area contributed by atoms with E-state index >= 15 is 0 Å². The van der Waals surface area contributed by atoms with Crippen LogP contribution in [0.5, 0.6) is 0 Å². The van der Waals surface area contributed by atoms with E-state index < -0.39 is 0 Å². The fourth-order valence-electron chi connectivity index (χ4n) is 3.11. The fourth-order valence-corrected chi connectivity index (χ4v) is 3.11. The molecule has 0 radical (unpaired) electrons. The Morgan fingerprint density at radius 2 is 1.86 bits per heavy atom. The van der Waals surface area contributed by atoms with Crippen LogP contribution in [0.3, 0.4) is 0 Å². The van der Waals surface area contributed by atoms with Crippen LogP contribution in [0.25, 0.3) is 0 Å². The largest absolute Gasteiger partial charge is 0.514 e. The fraction of sp³-hybridized carbons (Fsp3) is 0.706. The molecule has 120 valence electrons. The summed E-state index contributed by atoms with van der Waals surface area (Å²) in [5, 5.41) is 0. The molecule has 3 heterocycles. The van der Waals surface area contributed by atoms with Crippen molar-refractivity contribution in [1.82, 2.24) is 4.98 Å². The zero-order valence-electron chi connectivity index (χ0n) is 14.4. The van der Waals surface area contributed by atoms with E-state index in [1.807, 2.05) is 6.07 Å². The van der Waals surface area contributed by atoms with Gasteiger partial charge in [-0.3, -0.25) is 0 Å². The molecule has 1 aromatic rings. The van der Waals surface area contributed by atoms with Crippen molar-refractivity contribution in [3.05, 3.63) is 18.2 Å². The summed E-state index contributed by atoms with van der Waals surface area (Å²) in [6.45, 7) is 12.8. The van der Waals surface area contributed by atoms with Crippen LogP contribution >= 0.6 is 0 Å². The molecule has 22 heavy (non-hydrogen) atoms. The Labute approximate surface area is 134 Å². The quantitative estimate of drug-likeness (QED) is 0.787. The number of nitrogens with zero attached hydrogens (tertiary/aromatic N) is 2. The lowest BCUT2D eigenvalue weighted by atomic mass is 9.84. The molecule has 3 rings (SSSR count). The average molecular weight is 302 g/mol. The molecule has 0 amide bonds. The second-order valence-electron chi connectivity index (χ2n) is 7.70. The van der Waals surface area contributed by atoms with Gasteiger partial charge in [0.2, 0.25) is 0 Å². The molecule has 4 nitrogen and oxygen atoms in total. The maximum absolute atomic E-state index is 6.11. The van der Waals surface area contributed by atoms with Crippen LogP contribution in [0.2, 0.25) is 0 Å². The van der Waals surface area contributed by atoms with Gasteiger partial charge >= 0.3 is 7.12 Å². The van der Waals surface area contributed by atoms with E-state index in [4.69, 9.17) is 14.3 Å². The SMILES string of the molecule is C[C@@H]1CCCN(c2cccc(B3OC(C)(C)C(C)(C)O3)n2)C1. The Kier molecular flexibility index (Phi) is 3.98. The van der Waals surface area contributed by atoms with Gasteiger partial charge in [-0.15, -0.1) is 0 Å². The summed E-state index contributed by atoms with van der Waals surface area (Å²) in [5.41, 5.74) is 0.221. The molecule has 2 aliphatic rings. The molecule has 1 atom stereocenters. The van der Waals surface area contributed by atoms with Gasteiger partial charge < -0.3 is 14.2 Å². The molecule has 5 heteroatoms. The van der Waals surface area contributed by atoms with Gasteiger partial charge in [0.1, 0.15) is 5.82 Å². The molecule has 1 aromatic heterocycles. The minimum atomic E-state index is -0.382. The summed E-state index contributed by atoms with van der Waals surface area (Å²) in [7, 11) is -0.382. The Balaban J connectivity index is 1.80. The lowest BCUT2D eigenvalue weighted by Crippen LogP contribution is -2.41. The van der Waals surface area contributed by atoms with Crippen LogP contribution in [-0.2, 0) is 9.31 Å². The van der Waals surface area contributed by atoms with Crippen LogP contribution < -0.4 is 10.5 Å². The normalized spacial score (nSPS) is 27.2. The van der Waals surface area contributed by atoms with Gasteiger partial charge in [-0.2, -0.15) is 0 Å². The van der Waals surface area contributed by atoms with Crippen LogP contribution in [0.4, 0.5) is 5.82 Å². The smallest absolute Gasteiger partial charge is 0.398 e. The molecule has 0 spiro atoms. The lowest BCUT2D eigenvalue weighted by molar-refractivity contribution is 0.00578. The Morgan fingerprint density at radius 3 is 2.50 bits per heavy atom. The first-order valence-electron chi connectivity index (χ1n) is 8.36. The molecule has 0 N–H and O–H groups in total. The summed E-state index contributed by atoms with van der Waals surface area (Å²) in [6.07, 6.45) is 2.55. The topological polar surface area (TPSA) is 34.6 Å². The summed E-state index contributed by atoms with van der Waals surface area (Å²) in [6, 6.07) is 6.15. The summed E-state index contributed by atoms with van der Waals surface area (Å²) in [4.78, 5) is 7.20. The van der Waals surface area contributed by atoms with Crippen LogP contribution in [0.15, 0.2) is 18.2 Å². The average Bonchev–Trinajstić information content (AvgIpc) is 2.68. The van der Waals surface area contributed by atoms with Crippen LogP contribution in [-0.4, -0.2) is 36.4 Å².